The number of nitrogens with two attached hydrogens (primary N) is 1. The SMILES string of the molecule is NC1(COc2ccc3ccccc3c2Br)CC1. The molecule has 0 radical (unpaired) electrons. The molecule has 0 amide bonds. The first kappa shape index (κ1) is 11.1. The zero-order chi connectivity index (χ0) is 11.9. The maximum Gasteiger partial charge on any atom is 0.134 e. The maximum atomic E-state index is 6.02. The molecule has 1 aliphatic carbocycles. The summed E-state index contributed by atoms with van der Waals surface area (Å²) < 4.78 is 6.81. The molecule has 17 heavy (non-hydrogen) atoms. The average Bonchev–Trinajstić information content (AvgIpc) is 3.07. The van der Waals surface area contributed by atoms with Crippen LogP contribution in [0.3, 0.4) is 0 Å². The van der Waals surface area contributed by atoms with E-state index in [0.717, 1.165) is 23.1 Å². The number of ether oxygens (including phenoxy) is 1. The van der Waals surface area contributed by atoms with Crippen LogP contribution in [0.15, 0.2) is 40.9 Å². The zero-order valence-electron chi connectivity index (χ0n) is 9.45. The second kappa shape index (κ2) is 4.00. The predicted molar refractivity (Wildman–Crippen MR) is 73.3 cm³/mol. The molecule has 0 bridgehead atoms. The molecule has 2 nitrogen and oxygen atoms in total. The monoisotopic (exact) mass is 291 g/mol. The highest BCUT2D eigenvalue weighted by molar-refractivity contribution is 9.10. The molecular formula is C14H14BrNO. The summed E-state index contributed by atoms with van der Waals surface area (Å²) >= 11 is 3.60. The van der Waals surface area contributed by atoms with Crippen LogP contribution in [0, 0.1) is 0 Å². The van der Waals surface area contributed by atoms with Gasteiger partial charge in [0.2, 0.25) is 0 Å². The molecule has 3 rings (SSSR count). The van der Waals surface area contributed by atoms with Crippen LogP contribution >= 0.6 is 15.9 Å². The Morgan fingerprint density at radius 3 is 2.71 bits per heavy atom. The molecule has 2 N–H and O–H groups in total. The molecule has 3 heteroatoms. The largest absolute Gasteiger partial charge is 0.490 e. The third-order valence-corrected chi connectivity index (χ3v) is 4.05. The summed E-state index contributed by atoms with van der Waals surface area (Å²) in [7, 11) is 0. The molecule has 0 unspecified atom stereocenters. The Kier molecular flexibility index (Phi) is 2.60. The summed E-state index contributed by atoms with van der Waals surface area (Å²) in [6.45, 7) is 0.601. The van der Waals surface area contributed by atoms with Crippen molar-refractivity contribution < 1.29 is 4.74 Å². The van der Waals surface area contributed by atoms with Crippen molar-refractivity contribution in [2.24, 2.45) is 5.73 Å². The highest BCUT2D eigenvalue weighted by Gasteiger charge is 2.39. The minimum absolute atomic E-state index is 0.0783. The highest BCUT2D eigenvalue weighted by atomic mass is 79.9. The number of hydrogen-bond donors (Lipinski definition) is 1. The summed E-state index contributed by atoms with van der Waals surface area (Å²) in [5.41, 5.74) is 5.94. The van der Waals surface area contributed by atoms with Crippen molar-refractivity contribution in [2.45, 2.75) is 18.4 Å². The summed E-state index contributed by atoms with van der Waals surface area (Å²) in [4.78, 5) is 0. The fourth-order valence-electron chi connectivity index (χ4n) is 1.85. The van der Waals surface area contributed by atoms with E-state index in [1.807, 2.05) is 18.2 Å². The van der Waals surface area contributed by atoms with Gasteiger partial charge in [-0.2, -0.15) is 0 Å². The van der Waals surface area contributed by atoms with Gasteiger partial charge in [0.25, 0.3) is 0 Å². The first-order chi connectivity index (χ1) is 8.18. The lowest BCUT2D eigenvalue weighted by Crippen LogP contribution is -2.29. The Morgan fingerprint density at radius 2 is 1.94 bits per heavy atom. The molecule has 0 saturated heterocycles. The summed E-state index contributed by atoms with van der Waals surface area (Å²) in [6.07, 6.45) is 2.14. The van der Waals surface area contributed by atoms with Crippen LogP contribution in [0.4, 0.5) is 0 Å². The van der Waals surface area contributed by atoms with Crippen molar-refractivity contribution in [3.8, 4) is 5.75 Å². The van der Waals surface area contributed by atoms with Crippen LogP contribution in [0.2, 0.25) is 0 Å². The highest BCUT2D eigenvalue weighted by Crippen LogP contribution is 2.36. The third kappa shape index (κ3) is 2.17. The molecule has 1 fully saturated rings. The normalized spacial score (nSPS) is 17.1. The molecular weight excluding hydrogens is 278 g/mol. The van der Waals surface area contributed by atoms with Gasteiger partial charge in [-0.3, -0.25) is 0 Å². The van der Waals surface area contributed by atoms with E-state index in [9.17, 15) is 0 Å². The Labute approximate surface area is 109 Å². The van der Waals surface area contributed by atoms with Crippen LogP contribution in [-0.2, 0) is 0 Å². The summed E-state index contributed by atoms with van der Waals surface area (Å²) in [6, 6.07) is 12.3. The van der Waals surface area contributed by atoms with E-state index in [-0.39, 0.29) is 5.54 Å². The first-order valence-corrected chi connectivity index (χ1v) is 6.56. The van der Waals surface area contributed by atoms with Gasteiger partial charge in [-0.15, -0.1) is 0 Å². The number of fused-ring (bicyclic) bond motifs is 1. The lowest BCUT2D eigenvalue weighted by Gasteiger charge is -2.13. The van der Waals surface area contributed by atoms with E-state index in [1.54, 1.807) is 0 Å². The molecule has 0 heterocycles. The van der Waals surface area contributed by atoms with E-state index >= 15 is 0 Å². The second-order valence-corrected chi connectivity index (χ2v) is 5.54. The number of benzene rings is 2. The van der Waals surface area contributed by atoms with Crippen molar-refractivity contribution in [2.75, 3.05) is 6.61 Å². The van der Waals surface area contributed by atoms with Gasteiger partial charge in [0, 0.05) is 0 Å². The minimum Gasteiger partial charge on any atom is -0.490 e. The van der Waals surface area contributed by atoms with Gasteiger partial charge in [-0.1, -0.05) is 30.3 Å². The molecule has 0 aliphatic heterocycles. The number of rotatable bonds is 3. The molecule has 2 aromatic carbocycles. The van der Waals surface area contributed by atoms with E-state index < -0.39 is 0 Å². The lowest BCUT2D eigenvalue weighted by atomic mass is 10.1. The first-order valence-electron chi connectivity index (χ1n) is 5.77. The van der Waals surface area contributed by atoms with E-state index in [0.29, 0.717) is 6.61 Å². The zero-order valence-corrected chi connectivity index (χ0v) is 11.0. The van der Waals surface area contributed by atoms with E-state index in [1.165, 1.54) is 10.8 Å². The third-order valence-electron chi connectivity index (χ3n) is 3.24. The summed E-state index contributed by atoms with van der Waals surface area (Å²) in [5, 5.41) is 2.38. The van der Waals surface area contributed by atoms with Crippen LogP contribution in [-0.4, -0.2) is 12.1 Å². The lowest BCUT2D eigenvalue weighted by molar-refractivity contribution is 0.278. The van der Waals surface area contributed by atoms with Crippen molar-refractivity contribution in [3.63, 3.8) is 0 Å². The second-order valence-electron chi connectivity index (χ2n) is 4.75. The predicted octanol–water partition coefficient (Wildman–Crippen LogP) is 3.47. The van der Waals surface area contributed by atoms with Gasteiger partial charge in [0.05, 0.1) is 10.0 Å². The minimum atomic E-state index is -0.0783. The molecule has 0 spiro atoms. The van der Waals surface area contributed by atoms with Crippen LogP contribution in [0.1, 0.15) is 12.8 Å². The van der Waals surface area contributed by atoms with Gasteiger partial charge < -0.3 is 10.5 Å². The maximum absolute atomic E-state index is 6.02. The molecule has 0 aromatic heterocycles. The van der Waals surface area contributed by atoms with Gasteiger partial charge in [-0.05, 0) is 45.6 Å². The Bertz CT molecular complexity index is 563. The fraction of sp³-hybridized carbons (Fsp3) is 0.286. The molecule has 1 aliphatic rings. The topological polar surface area (TPSA) is 35.2 Å². The molecule has 2 aromatic rings. The number of halogens is 1. The Hall–Kier alpha value is -1.06. The van der Waals surface area contributed by atoms with Crippen molar-refractivity contribution >= 4 is 26.7 Å². The van der Waals surface area contributed by atoms with Crippen molar-refractivity contribution in [1.29, 1.82) is 0 Å². The van der Waals surface area contributed by atoms with E-state index in [2.05, 4.69) is 34.1 Å². The van der Waals surface area contributed by atoms with Gasteiger partial charge in [-0.25, -0.2) is 0 Å². The molecule has 1 saturated carbocycles. The van der Waals surface area contributed by atoms with Crippen LogP contribution in [0.5, 0.6) is 5.75 Å². The summed E-state index contributed by atoms with van der Waals surface area (Å²) in [5.74, 6) is 0.875. The van der Waals surface area contributed by atoms with E-state index in [4.69, 9.17) is 10.5 Å². The van der Waals surface area contributed by atoms with Crippen molar-refractivity contribution in [1.82, 2.24) is 0 Å². The Morgan fingerprint density at radius 1 is 1.18 bits per heavy atom. The number of hydrogen-bond acceptors (Lipinski definition) is 2. The van der Waals surface area contributed by atoms with Gasteiger partial charge in [0.15, 0.2) is 0 Å². The van der Waals surface area contributed by atoms with Gasteiger partial charge in [0.1, 0.15) is 12.4 Å². The smallest absolute Gasteiger partial charge is 0.134 e. The van der Waals surface area contributed by atoms with Crippen LogP contribution in [0.25, 0.3) is 10.8 Å². The molecule has 88 valence electrons. The Balaban J connectivity index is 1.91. The standard InChI is InChI=1S/C14H14BrNO/c15-13-11-4-2-1-3-10(11)5-6-12(13)17-9-14(16)7-8-14/h1-6H,7-9,16H2. The average molecular weight is 292 g/mol. The fourth-order valence-corrected chi connectivity index (χ4v) is 2.46. The van der Waals surface area contributed by atoms with Crippen molar-refractivity contribution in [3.05, 3.63) is 40.9 Å². The molecule has 0 atom stereocenters. The van der Waals surface area contributed by atoms with Crippen LogP contribution < -0.4 is 10.5 Å². The quantitative estimate of drug-likeness (QED) is 0.940. The van der Waals surface area contributed by atoms with Gasteiger partial charge >= 0.3 is 0 Å².